The summed E-state index contributed by atoms with van der Waals surface area (Å²) in [7, 11) is 1.65. The molecule has 0 saturated carbocycles. The predicted molar refractivity (Wildman–Crippen MR) is 92.4 cm³/mol. The molecular formula is C17H19N5O3. The second-order valence-electron chi connectivity index (χ2n) is 6.22. The Morgan fingerprint density at radius 3 is 3.08 bits per heavy atom. The first-order chi connectivity index (χ1) is 12.1. The van der Waals surface area contributed by atoms with E-state index in [1.807, 2.05) is 0 Å². The zero-order valence-corrected chi connectivity index (χ0v) is 13.9. The molecule has 2 amide bonds. The summed E-state index contributed by atoms with van der Waals surface area (Å²) in [5.41, 5.74) is 1.73. The molecule has 1 aliphatic rings. The summed E-state index contributed by atoms with van der Waals surface area (Å²) < 4.78 is 6.60. The van der Waals surface area contributed by atoms with E-state index in [4.69, 9.17) is 4.42 Å². The molecule has 8 nitrogen and oxygen atoms in total. The smallest absolute Gasteiger partial charge is 0.408 e. The van der Waals surface area contributed by atoms with Gasteiger partial charge in [-0.05, 0) is 31.4 Å². The summed E-state index contributed by atoms with van der Waals surface area (Å²) in [5.74, 6) is 0.381. The van der Waals surface area contributed by atoms with Crippen LogP contribution in [0.3, 0.4) is 0 Å². The van der Waals surface area contributed by atoms with E-state index < -0.39 is 5.76 Å². The number of H-pyrrole nitrogens is 1. The van der Waals surface area contributed by atoms with Crippen molar-refractivity contribution in [2.24, 2.45) is 7.05 Å². The number of likely N-dealkylation sites (tertiary alicyclic amines) is 1. The predicted octanol–water partition coefficient (Wildman–Crippen LogP) is 2.61. The van der Waals surface area contributed by atoms with Gasteiger partial charge >= 0.3 is 11.8 Å². The number of anilines is 1. The number of nitrogens with one attached hydrogen (secondary N) is 2. The van der Waals surface area contributed by atoms with Gasteiger partial charge in [-0.2, -0.15) is 0 Å². The largest absolute Gasteiger partial charge is 0.419 e. The Bertz CT molecular complexity index is 956. The number of aromatic nitrogens is 3. The summed E-state index contributed by atoms with van der Waals surface area (Å²) in [6.45, 7) is 0.680. The molecule has 2 aromatic heterocycles. The molecule has 1 aromatic carbocycles. The number of fused-ring (bicyclic) bond motifs is 1. The van der Waals surface area contributed by atoms with Crippen molar-refractivity contribution in [3.63, 3.8) is 0 Å². The number of urea groups is 1. The van der Waals surface area contributed by atoms with Crippen molar-refractivity contribution in [3.8, 4) is 0 Å². The van der Waals surface area contributed by atoms with Gasteiger partial charge in [-0.15, -0.1) is 0 Å². The monoisotopic (exact) mass is 341 g/mol. The number of piperidine rings is 1. The summed E-state index contributed by atoms with van der Waals surface area (Å²) in [6.07, 6.45) is 6.39. The molecule has 1 saturated heterocycles. The minimum Gasteiger partial charge on any atom is -0.408 e. The van der Waals surface area contributed by atoms with Gasteiger partial charge in [0.05, 0.1) is 11.6 Å². The lowest BCUT2D eigenvalue weighted by atomic mass is 10.0. The maximum Gasteiger partial charge on any atom is 0.419 e. The molecule has 4 rings (SSSR count). The first-order valence-corrected chi connectivity index (χ1v) is 8.30. The molecule has 0 aliphatic carbocycles. The molecule has 3 heterocycles. The van der Waals surface area contributed by atoms with Crippen molar-refractivity contribution < 1.29 is 9.21 Å². The normalized spacial score (nSPS) is 17.8. The molecule has 0 spiro atoms. The van der Waals surface area contributed by atoms with Crippen LogP contribution in [0.2, 0.25) is 0 Å². The summed E-state index contributed by atoms with van der Waals surface area (Å²) in [5, 5.41) is 2.90. The van der Waals surface area contributed by atoms with Crippen LogP contribution >= 0.6 is 0 Å². The van der Waals surface area contributed by atoms with E-state index in [0.29, 0.717) is 23.3 Å². The lowest BCUT2D eigenvalue weighted by Gasteiger charge is -2.34. The number of carbonyl (C=O) groups is 1. The number of aromatic amines is 1. The van der Waals surface area contributed by atoms with E-state index in [2.05, 4.69) is 15.3 Å². The number of carbonyl (C=O) groups excluding carboxylic acids is 1. The van der Waals surface area contributed by atoms with Gasteiger partial charge in [-0.1, -0.05) is 0 Å². The molecule has 1 fully saturated rings. The van der Waals surface area contributed by atoms with Gasteiger partial charge in [0.1, 0.15) is 5.82 Å². The van der Waals surface area contributed by atoms with Gasteiger partial charge in [0.15, 0.2) is 5.58 Å². The van der Waals surface area contributed by atoms with E-state index >= 15 is 0 Å². The molecular weight excluding hydrogens is 322 g/mol. The first kappa shape index (κ1) is 15.5. The van der Waals surface area contributed by atoms with Crippen molar-refractivity contribution >= 4 is 22.8 Å². The molecule has 130 valence electrons. The van der Waals surface area contributed by atoms with Gasteiger partial charge in [0.25, 0.3) is 0 Å². The Morgan fingerprint density at radius 1 is 1.40 bits per heavy atom. The number of benzene rings is 1. The topological polar surface area (TPSA) is 96.2 Å². The molecule has 8 heteroatoms. The third-order valence-corrected chi connectivity index (χ3v) is 4.64. The number of hydrogen-bond donors (Lipinski definition) is 2. The molecule has 1 unspecified atom stereocenters. The Kier molecular flexibility index (Phi) is 3.79. The number of hydrogen-bond acceptors (Lipinski definition) is 4. The highest BCUT2D eigenvalue weighted by molar-refractivity contribution is 5.91. The molecule has 2 N–H and O–H groups in total. The van der Waals surface area contributed by atoms with Crippen molar-refractivity contribution in [3.05, 3.63) is 47.0 Å². The van der Waals surface area contributed by atoms with E-state index in [1.165, 1.54) is 4.57 Å². The maximum atomic E-state index is 12.8. The summed E-state index contributed by atoms with van der Waals surface area (Å²) in [6, 6.07) is 4.96. The average molecular weight is 341 g/mol. The number of imidazole rings is 1. The Hall–Kier alpha value is -3.03. The van der Waals surface area contributed by atoms with E-state index in [-0.39, 0.29) is 12.1 Å². The van der Waals surface area contributed by atoms with Crippen LogP contribution in [0.1, 0.15) is 31.1 Å². The summed E-state index contributed by atoms with van der Waals surface area (Å²) in [4.78, 5) is 33.5. The molecule has 1 atom stereocenters. The maximum absolute atomic E-state index is 12.8. The first-order valence-electron chi connectivity index (χ1n) is 8.30. The van der Waals surface area contributed by atoms with Crippen LogP contribution in [0.15, 0.2) is 39.8 Å². The van der Waals surface area contributed by atoms with Crippen molar-refractivity contribution in [1.29, 1.82) is 0 Å². The van der Waals surface area contributed by atoms with Crippen molar-refractivity contribution in [2.75, 3.05) is 11.9 Å². The minimum absolute atomic E-state index is 0.0536. The number of amides is 2. The van der Waals surface area contributed by atoms with Gasteiger partial charge < -0.3 is 19.6 Å². The van der Waals surface area contributed by atoms with E-state index in [1.54, 1.807) is 42.5 Å². The number of aryl methyl sites for hydroxylation is 1. The van der Waals surface area contributed by atoms with Gasteiger partial charge in [0.2, 0.25) is 0 Å². The van der Waals surface area contributed by atoms with Crippen molar-refractivity contribution in [2.45, 2.75) is 25.3 Å². The number of nitrogens with zero attached hydrogens (tertiary/aromatic N) is 3. The second kappa shape index (κ2) is 6.12. The second-order valence-corrected chi connectivity index (χ2v) is 6.22. The van der Waals surface area contributed by atoms with Crippen LogP contribution in [0.5, 0.6) is 0 Å². The van der Waals surface area contributed by atoms with Crippen LogP contribution in [0, 0.1) is 0 Å². The van der Waals surface area contributed by atoms with Crippen LogP contribution < -0.4 is 11.1 Å². The van der Waals surface area contributed by atoms with Crippen LogP contribution in [0.4, 0.5) is 10.5 Å². The van der Waals surface area contributed by atoms with E-state index in [9.17, 15) is 9.59 Å². The Balaban J connectivity index is 1.57. The standard InChI is InChI=1S/C17H19N5O3/c1-21-12-6-5-11(10-14(12)25-17(21)24)20-16(23)22-9-3-2-4-13(22)15-18-7-8-19-15/h5-8,10,13H,2-4,9H2,1H3,(H,18,19)(H,20,23). The number of rotatable bonds is 2. The SMILES string of the molecule is Cn1c(=O)oc2cc(NC(=O)N3CCCCC3c3ncc[nH]3)ccc21. The van der Waals surface area contributed by atoms with Crippen LogP contribution in [-0.2, 0) is 7.05 Å². The Labute approximate surface area is 143 Å². The Morgan fingerprint density at radius 2 is 2.28 bits per heavy atom. The molecule has 1 aliphatic heterocycles. The van der Waals surface area contributed by atoms with Crippen molar-refractivity contribution in [1.82, 2.24) is 19.4 Å². The minimum atomic E-state index is -0.424. The lowest BCUT2D eigenvalue weighted by molar-refractivity contribution is 0.160. The highest BCUT2D eigenvalue weighted by atomic mass is 16.4. The molecule has 3 aromatic rings. The zero-order chi connectivity index (χ0) is 17.4. The number of oxazole rings is 1. The highest BCUT2D eigenvalue weighted by Gasteiger charge is 2.29. The quantitative estimate of drug-likeness (QED) is 0.749. The van der Waals surface area contributed by atoms with E-state index in [0.717, 1.165) is 25.1 Å². The van der Waals surface area contributed by atoms with Gasteiger partial charge in [0, 0.05) is 37.7 Å². The third-order valence-electron chi connectivity index (χ3n) is 4.64. The molecule has 25 heavy (non-hydrogen) atoms. The van der Waals surface area contributed by atoms with Crippen LogP contribution in [0.25, 0.3) is 11.1 Å². The fraction of sp³-hybridized carbons (Fsp3) is 0.353. The fourth-order valence-electron chi connectivity index (χ4n) is 3.33. The lowest BCUT2D eigenvalue weighted by Crippen LogP contribution is -2.41. The van der Waals surface area contributed by atoms with Gasteiger partial charge in [-0.25, -0.2) is 14.6 Å². The fourth-order valence-corrected chi connectivity index (χ4v) is 3.33. The molecule has 0 bridgehead atoms. The molecule has 0 radical (unpaired) electrons. The highest BCUT2D eigenvalue weighted by Crippen LogP contribution is 2.29. The zero-order valence-electron chi connectivity index (χ0n) is 13.9. The van der Waals surface area contributed by atoms with Crippen LogP contribution in [-0.4, -0.2) is 32.0 Å². The average Bonchev–Trinajstić information content (AvgIpc) is 3.24. The summed E-state index contributed by atoms with van der Waals surface area (Å²) >= 11 is 0. The van der Waals surface area contributed by atoms with Gasteiger partial charge in [-0.3, -0.25) is 4.57 Å². The third kappa shape index (κ3) is 2.79.